The number of amides is 1. The molecule has 1 saturated carbocycles. The number of nitrogens with one attached hydrogen (secondary N) is 1. The third kappa shape index (κ3) is 2.94. The summed E-state index contributed by atoms with van der Waals surface area (Å²) in [6, 6.07) is 6.46. The van der Waals surface area contributed by atoms with Gasteiger partial charge in [-0.15, -0.1) is 0 Å². The van der Waals surface area contributed by atoms with E-state index in [2.05, 4.69) is 5.32 Å². The molecule has 4 nitrogen and oxygen atoms in total. The number of halogens is 1. The van der Waals surface area contributed by atoms with E-state index in [1.807, 2.05) is 13.8 Å². The van der Waals surface area contributed by atoms with E-state index in [0.29, 0.717) is 25.1 Å². The first kappa shape index (κ1) is 15.9. The molecule has 0 bridgehead atoms. The van der Waals surface area contributed by atoms with E-state index >= 15 is 0 Å². The van der Waals surface area contributed by atoms with E-state index in [0.717, 1.165) is 0 Å². The number of ether oxygens (including phenoxy) is 1. The van der Waals surface area contributed by atoms with Crippen LogP contribution in [0.2, 0.25) is 0 Å². The number of aliphatic hydroxyl groups is 1. The predicted octanol–water partition coefficient (Wildman–Crippen LogP) is 1.62. The molecule has 1 aromatic carbocycles. The maximum absolute atomic E-state index is 14.1. The molecule has 116 valence electrons. The summed E-state index contributed by atoms with van der Waals surface area (Å²) in [6.07, 6.45) is 0.629. The van der Waals surface area contributed by atoms with Gasteiger partial charge in [-0.3, -0.25) is 4.79 Å². The fourth-order valence-corrected chi connectivity index (χ4v) is 2.95. The third-order valence-electron chi connectivity index (χ3n) is 4.23. The molecule has 21 heavy (non-hydrogen) atoms. The van der Waals surface area contributed by atoms with Crippen LogP contribution < -0.4 is 5.32 Å². The molecule has 1 aliphatic rings. The van der Waals surface area contributed by atoms with Gasteiger partial charge in [0.25, 0.3) is 0 Å². The average molecular weight is 295 g/mol. The quantitative estimate of drug-likeness (QED) is 0.752. The second-order valence-corrected chi connectivity index (χ2v) is 6.04. The molecule has 0 aliphatic heterocycles. The highest BCUT2D eigenvalue weighted by Gasteiger charge is 2.67. The Kier molecular flexibility index (Phi) is 4.64. The molecule has 1 aliphatic carbocycles. The van der Waals surface area contributed by atoms with Gasteiger partial charge in [-0.05, 0) is 17.9 Å². The first-order valence-electron chi connectivity index (χ1n) is 7.17. The Hall–Kier alpha value is -1.46. The van der Waals surface area contributed by atoms with Gasteiger partial charge in [-0.2, -0.15) is 0 Å². The molecule has 0 aromatic heterocycles. The largest absolute Gasteiger partial charge is 0.394 e. The first-order valence-corrected chi connectivity index (χ1v) is 7.17. The Morgan fingerprint density at radius 2 is 2.05 bits per heavy atom. The Bertz CT molecular complexity index is 518. The molecule has 0 radical (unpaired) electrons. The highest BCUT2D eigenvalue weighted by Crippen LogP contribution is 2.64. The third-order valence-corrected chi connectivity index (χ3v) is 4.23. The van der Waals surface area contributed by atoms with Gasteiger partial charge in [0.15, 0.2) is 0 Å². The van der Waals surface area contributed by atoms with Crippen LogP contribution in [0.25, 0.3) is 0 Å². The van der Waals surface area contributed by atoms with Crippen molar-refractivity contribution in [3.8, 4) is 0 Å². The van der Waals surface area contributed by atoms with Crippen LogP contribution in [0, 0.1) is 11.2 Å². The van der Waals surface area contributed by atoms with E-state index in [9.17, 15) is 9.18 Å². The number of carbonyl (C=O) groups is 1. The van der Waals surface area contributed by atoms with Crippen LogP contribution in [0.1, 0.15) is 25.8 Å². The van der Waals surface area contributed by atoms with Crippen LogP contribution in [0.15, 0.2) is 24.3 Å². The Balaban J connectivity index is 2.07. The van der Waals surface area contributed by atoms with Crippen LogP contribution in [0.4, 0.5) is 4.39 Å². The molecule has 2 N–H and O–H groups in total. The van der Waals surface area contributed by atoms with Crippen LogP contribution in [0.5, 0.6) is 0 Å². The van der Waals surface area contributed by atoms with E-state index < -0.39 is 5.41 Å². The van der Waals surface area contributed by atoms with Gasteiger partial charge >= 0.3 is 0 Å². The number of rotatable bonds is 7. The molecule has 1 atom stereocenters. The van der Waals surface area contributed by atoms with Crippen molar-refractivity contribution in [2.75, 3.05) is 26.4 Å². The summed E-state index contributed by atoms with van der Waals surface area (Å²) in [5, 5.41) is 11.4. The molecule has 0 saturated heterocycles. The minimum atomic E-state index is -0.796. The molecule has 0 unspecified atom stereocenters. The lowest BCUT2D eigenvalue weighted by Gasteiger charge is -2.21. The standard InChI is InChI=1S/C16H22FNO3/c1-15(2)11-16(15,12-5-3-4-6-13(12)17)14(20)18-7-9-21-10-8-19/h3-6,19H,7-11H2,1-2H3,(H,18,20)/t16-/m0/s1. The van der Waals surface area contributed by atoms with E-state index in [1.165, 1.54) is 6.07 Å². The van der Waals surface area contributed by atoms with Crippen molar-refractivity contribution in [1.29, 1.82) is 0 Å². The van der Waals surface area contributed by atoms with Crippen molar-refractivity contribution in [3.63, 3.8) is 0 Å². The Labute approximate surface area is 124 Å². The van der Waals surface area contributed by atoms with Gasteiger partial charge in [0, 0.05) is 12.1 Å². The maximum atomic E-state index is 14.1. The SMILES string of the molecule is CC1(C)C[C@@]1(C(=O)NCCOCCO)c1ccccc1F. The smallest absolute Gasteiger partial charge is 0.231 e. The lowest BCUT2D eigenvalue weighted by atomic mass is 9.86. The van der Waals surface area contributed by atoms with E-state index in [4.69, 9.17) is 9.84 Å². The van der Waals surface area contributed by atoms with Gasteiger partial charge in [-0.25, -0.2) is 4.39 Å². The van der Waals surface area contributed by atoms with Gasteiger partial charge in [-0.1, -0.05) is 32.0 Å². The molecular formula is C16H22FNO3. The van der Waals surface area contributed by atoms with Crippen molar-refractivity contribution in [3.05, 3.63) is 35.6 Å². The van der Waals surface area contributed by atoms with Gasteiger partial charge in [0.2, 0.25) is 5.91 Å². The average Bonchev–Trinajstić information content (AvgIpc) is 3.03. The minimum absolute atomic E-state index is 0.0415. The van der Waals surface area contributed by atoms with Crippen molar-refractivity contribution >= 4 is 5.91 Å². The van der Waals surface area contributed by atoms with Crippen LogP contribution in [-0.2, 0) is 14.9 Å². The lowest BCUT2D eigenvalue weighted by molar-refractivity contribution is -0.124. The second kappa shape index (κ2) is 6.12. The van der Waals surface area contributed by atoms with E-state index in [1.54, 1.807) is 18.2 Å². The first-order chi connectivity index (χ1) is 9.95. The van der Waals surface area contributed by atoms with Crippen molar-refractivity contribution in [2.24, 2.45) is 5.41 Å². The zero-order chi connectivity index (χ0) is 15.5. The molecule has 0 spiro atoms. The molecule has 1 aromatic rings. The van der Waals surface area contributed by atoms with Gasteiger partial charge in [0.1, 0.15) is 5.82 Å². The number of hydrogen-bond acceptors (Lipinski definition) is 3. The van der Waals surface area contributed by atoms with Crippen LogP contribution >= 0.6 is 0 Å². The second-order valence-electron chi connectivity index (χ2n) is 6.04. The monoisotopic (exact) mass is 295 g/mol. The van der Waals surface area contributed by atoms with Crippen LogP contribution in [-0.4, -0.2) is 37.4 Å². The van der Waals surface area contributed by atoms with Gasteiger partial charge in [0.05, 0.1) is 25.2 Å². The molecule has 5 heteroatoms. The summed E-state index contributed by atoms with van der Waals surface area (Å²) in [4.78, 5) is 12.5. The normalized spacial score (nSPS) is 22.9. The summed E-state index contributed by atoms with van der Waals surface area (Å²) >= 11 is 0. The molecular weight excluding hydrogens is 273 g/mol. The summed E-state index contributed by atoms with van der Waals surface area (Å²) in [7, 11) is 0. The fraction of sp³-hybridized carbons (Fsp3) is 0.562. The maximum Gasteiger partial charge on any atom is 0.231 e. The van der Waals surface area contributed by atoms with Crippen molar-refractivity contribution in [1.82, 2.24) is 5.32 Å². The Morgan fingerprint density at radius 3 is 2.62 bits per heavy atom. The topological polar surface area (TPSA) is 58.6 Å². The lowest BCUT2D eigenvalue weighted by Crippen LogP contribution is -2.39. The van der Waals surface area contributed by atoms with Crippen molar-refractivity contribution in [2.45, 2.75) is 25.7 Å². The predicted molar refractivity (Wildman–Crippen MR) is 77.4 cm³/mol. The van der Waals surface area contributed by atoms with Gasteiger partial charge < -0.3 is 15.2 Å². The molecule has 1 fully saturated rings. The molecule has 2 rings (SSSR count). The zero-order valence-electron chi connectivity index (χ0n) is 12.5. The summed E-state index contributed by atoms with van der Waals surface area (Å²) in [6.45, 7) is 4.84. The number of carbonyl (C=O) groups excluding carboxylic acids is 1. The highest BCUT2D eigenvalue weighted by molar-refractivity contribution is 5.93. The molecule has 0 heterocycles. The fourth-order valence-electron chi connectivity index (χ4n) is 2.95. The Morgan fingerprint density at radius 1 is 1.38 bits per heavy atom. The highest BCUT2D eigenvalue weighted by atomic mass is 19.1. The minimum Gasteiger partial charge on any atom is -0.394 e. The summed E-state index contributed by atoms with van der Waals surface area (Å²) in [5.41, 5.74) is -0.593. The molecule has 1 amide bonds. The summed E-state index contributed by atoms with van der Waals surface area (Å²) in [5.74, 6) is -0.500. The van der Waals surface area contributed by atoms with E-state index in [-0.39, 0.29) is 30.4 Å². The zero-order valence-corrected chi connectivity index (χ0v) is 12.5. The number of benzene rings is 1. The number of hydrogen-bond donors (Lipinski definition) is 2. The van der Waals surface area contributed by atoms with Crippen molar-refractivity contribution < 1.29 is 19.0 Å². The summed E-state index contributed by atoms with van der Waals surface area (Å²) < 4.78 is 19.2. The van der Waals surface area contributed by atoms with Crippen LogP contribution in [0.3, 0.4) is 0 Å². The number of aliphatic hydroxyl groups excluding tert-OH is 1.